The second-order valence-electron chi connectivity index (χ2n) is 6.25. The number of ether oxygens (including phenoxy) is 2. The Bertz CT molecular complexity index is 432. The van der Waals surface area contributed by atoms with Crippen LogP contribution in [0.15, 0.2) is 0 Å². The molecule has 1 N–H and O–H groups in total. The van der Waals surface area contributed by atoms with Crippen molar-refractivity contribution in [2.45, 2.75) is 77.7 Å². The first-order valence-corrected chi connectivity index (χ1v) is 9.18. The molecule has 0 aromatic carbocycles. The van der Waals surface area contributed by atoms with E-state index in [-0.39, 0.29) is 18.5 Å². The van der Waals surface area contributed by atoms with Crippen molar-refractivity contribution < 1.29 is 19.1 Å². The molecule has 1 rings (SSSR count). The fourth-order valence-electron chi connectivity index (χ4n) is 2.97. The number of amides is 1. The average Bonchev–Trinajstić information content (AvgIpc) is 2.60. The van der Waals surface area contributed by atoms with Crippen molar-refractivity contribution in [2.75, 3.05) is 13.2 Å². The lowest BCUT2D eigenvalue weighted by Crippen LogP contribution is -2.47. The molecule has 0 heterocycles. The van der Waals surface area contributed by atoms with Gasteiger partial charge in [-0.15, -0.1) is 5.92 Å². The molecule has 5 heteroatoms. The minimum absolute atomic E-state index is 0.0335. The lowest BCUT2D eigenvalue weighted by molar-refractivity contribution is -0.148. The third-order valence-corrected chi connectivity index (χ3v) is 4.34. The predicted molar refractivity (Wildman–Crippen MR) is 93.4 cm³/mol. The second-order valence-corrected chi connectivity index (χ2v) is 6.25. The number of hydrogen-bond acceptors (Lipinski definition) is 4. The van der Waals surface area contributed by atoms with Crippen LogP contribution >= 0.6 is 0 Å². The van der Waals surface area contributed by atoms with Gasteiger partial charge >= 0.3 is 12.1 Å². The van der Waals surface area contributed by atoms with E-state index in [0.29, 0.717) is 6.61 Å². The van der Waals surface area contributed by atoms with Crippen LogP contribution in [0.25, 0.3) is 0 Å². The summed E-state index contributed by atoms with van der Waals surface area (Å²) in [6.07, 6.45) is 8.85. The van der Waals surface area contributed by atoms with Gasteiger partial charge < -0.3 is 14.8 Å². The maximum Gasteiger partial charge on any atom is 0.408 e. The van der Waals surface area contributed by atoms with Crippen molar-refractivity contribution in [1.29, 1.82) is 0 Å². The minimum Gasteiger partial charge on any atom is -0.464 e. The summed E-state index contributed by atoms with van der Waals surface area (Å²) in [5.74, 6) is 5.12. The first-order chi connectivity index (χ1) is 11.7. The molecule has 24 heavy (non-hydrogen) atoms. The molecule has 5 nitrogen and oxygen atoms in total. The fourth-order valence-corrected chi connectivity index (χ4v) is 2.97. The van der Waals surface area contributed by atoms with Gasteiger partial charge in [0.05, 0.1) is 6.61 Å². The number of unbranched alkanes of at least 4 members (excludes halogenated alkanes) is 3. The molecule has 0 aromatic rings. The Hall–Kier alpha value is -1.70. The van der Waals surface area contributed by atoms with E-state index in [4.69, 9.17) is 9.47 Å². The van der Waals surface area contributed by atoms with E-state index in [2.05, 4.69) is 24.1 Å². The predicted octanol–water partition coefficient (Wildman–Crippen LogP) is 3.81. The van der Waals surface area contributed by atoms with Crippen molar-refractivity contribution in [2.24, 2.45) is 5.92 Å². The Labute approximate surface area is 145 Å². The molecule has 1 atom stereocenters. The smallest absolute Gasteiger partial charge is 0.408 e. The number of nitrogens with one attached hydrogen (secondary N) is 1. The Balaban J connectivity index is 2.50. The molecule has 136 valence electrons. The number of alkyl carbamates (subject to hydrolysis) is 1. The second kappa shape index (κ2) is 12.7. The summed E-state index contributed by atoms with van der Waals surface area (Å²) in [6.45, 7) is 4.28. The van der Waals surface area contributed by atoms with Gasteiger partial charge in [0.15, 0.2) is 6.61 Å². The Morgan fingerprint density at radius 2 is 1.88 bits per heavy atom. The van der Waals surface area contributed by atoms with Gasteiger partial charge in [-0.25, -0.2) is 9.59 Å². The molecule has 1 fully saturated rings. The van der Waals surface area contributed by atoms with Gasteiger partial charge in [-0.3, -0.25) is 0 Å². The van der Waals surface area contributed by atoms with E-state index in [1.807, 2.05) is 0 Å². The van der Waals surface area contributed by atoms with Crippen molar-refractivity contribution in [3.05, 3.63) is 0 Å². The van der Waals surface area contributed by atoms with E-state index in [9.17, 15) is 9.59 Å². The Morgan fingerprint density at radius 1 is 1.12 bits per heavy atom. The molecule has 0 aromatic heterocycles. The van der Waals surface area contributed by atoms with E-state index in [1.54, 1.807) is 6.92 Å². The van der Waals surface area contributed by atoms with Gasteiger partial charge in [0.1, 0.15) is 6.04 Å². The molecule has 0 aliphatic heterocycles. The summed E-state index contributed by atoms with van der Waals surface area (Å²) in [5.41, 5.74) is 0. The highest BCUT2D eigenvalue weighted by atomic mass is 16.6. The first kappa shape index (κ1) is 20.3. The van der Waals surface area contributed by atoms with Crippen molar-refractivity contribution in [1.82, 2.24) is 5.32 Å². The molecule has 0 radical (unpaired) electrons. The van der Waals surface area contributed by atoms with Crippen LogP contribution in [-0.4, -0.2) is 31.3 Å². The van der Waals surface area contributed by atoms with Crippen LogP contribution in [0.5, 0.6) is 0 Å². The van der Waals surface area contributed by atoms with E-state index >= 15 is 0 Å². The molecular weight excluding hydrogens is 306 g/mol. The van der Waals surface area contributed by atoms with Crippen LogP contribution in [0.1, 0.15) is 71.6 Å². The molecule has 1 unspecified atom stereocenters. The zero-order chi connectivity index (χ0) is 17.6. The minimum atomic E-state index is -0.612. The number of hydrogen-bond donors (Lipinski definition) is 1. The zero-order valence-corrected chi connectivity index (χ0v) is 15.1. The molecule has 0 spiro atoms. The van der Waals surface area contributed by atoms with E-state index in [1.165, 1.54) is 6.42 Å². The Kier molecular flexibility index (Phi) is 10.8. The largest absolute Gasteiger partial charge is 0.464 e. The summed E-state index contributed by atoms with van der Waals surface area (Å²) in [6, 6.07) is -0.612. The van der Waals surface area contributed by atoms with Gasteiger partial charge in [0.2, 0.25) is 0 Å². The van der Waals surface area contributed by atoms with Crippen molar-refractivity contribution in [3.8, 4) is 11.8 Å². The Morgan fingerprint density at radius 3 is 2.54 bits per heavy atom. The topological polar surface area (TPSA) is 64.6 Å². The highest BCUT2D eigenvalue weighted by Crippen LogP contribution is 2.27. The summed E-state index contributed by atoms with van der Waals surface area (Å²) in [7, 11) is 0. The molecule has 0 bridgehead atoms. The van der Waals surface area contributed by atoms with Crippen LogP contribution in [0.3, 0.4) is 0 Å². The first-order valence-electron chi connectivity index (χ1n) is 9.18. The maximum atomic E-state index is 12.4. The van der Waals surface area contributed by atoms with Gasteiger partial charge in [-0.1, -0.05) is 51.4 Å². The summed E-state index contributed by atoms with van der Waals surface area (Å²) in [4.78, 5) is 24.3. The van der Waals surface area contributed by atoms with Gasteiger partial charge in [0, 0.05) is 0 Å². The average molecular weight is 337 g/mol. The van der Waals surface area contributed by atoms with E-state index < -0.39 is 12.1 Å². The van der Waals surface area contributed by atoms with Crippen LogP contribution in [-0.2, 0) is 14.3 Å². The normalized spacial score (nSPS) is 15.8. The highest BCUT2D eigenvalue weighted by Gasteiger charge is 2.32. The maximum absolute atomic E-state index is 12.4. The molecular formula is C19H31NO4. The van der Waals surface area contributed by atoms with Crippen molar-refractivity contribution in [3.63, 3.8) is 0 Å². The van der Waals surface area contributed by atoms with Crippen LogP contribution < -0.4 is 5.32 Å². The number of carbonyl (C=O) groups excluding carboxylic acids is 2. The fraction of sp³-hybridized carbons (Fsp3) is 0.789. The standard InChI is InChI=1S/C19H31NO4/c1-3-5-7-11-15-23-18(21)17(16-12-9-8-10-13-16)20-19(22)24-14-6-4-2/h16-17H,3,5,7-15H2,1-2H3,(H,20,22). The monoisotopic (exact) mass is 337 g/mol. The van der Waals surface area contributed by atoms with Gasteiger partial charge in [-0.2, -0.15) is 0 Å². The summed E-state index contributed by atoms with van der Waals surface area (Å²) >= 11 is 0. The number of esters is 1. The SMILES string of the molecule is CC#CCOC(=O)NC(C(=O)OCCCCCC)C1CCCCC1. The lowest BCUT2D eigenvalue weighted by Gasteiger charge is -2.29. The van der Waals surface area contributed by atoms with Crippen LogP contribution in [0.2, 0.25) is 0 Å². The summed E-state index contributed by atoms with van der Waals surface area (Å²) in [5, 5.41) is 2.69. The number of carbonyl (C=O) groups is 2. The quantitative estimate of drug-likeness (QED) is 0.395. The molecule has 1 amide bonds. The third-order valence-electron chi connectivity index (χ3n) is 4.34. The molecule has 0 saturated heterocycles. The van der Waals surface area contributed by atoms with E-state index in [0.717, 1.165) is 51.4 Å². The molecule has 1 aliphatic rings. The van der Waals surface area contributed by atoms with Gasteiger partial charge in [0.25, 0.3) is 0 Å². The zero-order valence-electron chi connectivity index (χ0n) is 15.1. The lowest BCUT2D eigenvalue weighted by atomic mass is 9.84. The van der Waals surface area contributed by atoms with Crippen LogP contribution in [0.4, 0.5) is 4.79 Å². The number of rotatable bonds is 9. The highest BCUT2D eigenvalue weighted by molar-refractivity contribution is 5.81. The molecule has 1 aliphatic carbocycles. The van der Waals surface area contributed by atoms with Crippen molar-refractivity contribution >= 4 is 12.1 Å². The van der Waals surface area contributed by atoms with Gasteiger partial charge in [-0.05, 0) is 32.1 Å². The van der Waals surface area contributed by atoms with Crippen LogP contribution in [0, 0.1) is 17.8 Å². The summed E-state index contributed by atoms with van der Waals surface area (Å²) < 4.78 is 10.4. The third kappa shape index (κ3) is 8.24. The molecule has 1 saturated carbocycles.